The smallest absolute Gasteiger partial charge is 0.254 e. The Morgan fingerprint density at radius 3 is 2.78 bits per heavy atom. The van der Waals surface area contributed by atoms with Crippen LogP contribution in [0.4, 0.5) is 4.39 Å². The third kappa shape index (κ3) is 3.52. The fraction of sp³-hybridized carbons (Fsp3) is 0.588. The van der Waals surface area contributed by atoms with Crippen molar-refractivity contribution in [2.45, 2.75) is 18.4 Å². The van der Waals surface area contributed by atoms with Crippen LogP contribution in [-0.2, 0) is 4.74 Å². The lowest BCUT2D eigenvalue weighted by Crippen LogP contribution is -2.66. The van der Waals surface area contributed by atoms with Crippen molar-refractivity contribution >= 4 is 17.5 Å². The number of hydrogen-bond acceptors (Lipinski definition) is 3. The average Bonchev–Trinajstić information content (AvgIpc) is 2.47. The van der Waals surface area contributed by atoms with Gasteiger partial charge in [-0.1, -0.05) is 11.6 Å². The number of likely N-dealkylation sites (tertiary alicyclic amines) is 1. The highest BCUT2D eigenvalue weighted by atomic mass is 35.5. The van der Waals surface area contributed by atoms with Crippen molar-refractivity contribution in [3.63, 3.8) is 0 Å². The van der Waals surface area contributed by atoms with Crippen molar-refractivity contribution in [1.82, 2.24) is 9.80 Å². The van der Waals surface area contributed by atoms with Gasteiger partial charge in [0.15, 0.2) is 0 Å². The highest BCUT2D eigenvalue weighted by Crippen LogP contribution is 2.37. The quantitative estimate of drug-likeness (QED) is 0.848. The van der Waals surface area contributed by atoms with Gasteiger partial charge in [-0.3, -0.25) is 4.79 Å². The number of rotatable bonds is 3. The van der Waals surface area contributed by atoms with Crippen LogP contribution in [0.1, 0.15) is 23.2 Å². The Morgan fingerprint density at radius 2 is 2.22 bits per heavy atom. The first-order valence-electron chi connectivity index (χ1n) is 7.92. The van der Waals surface area contributed by atoms with Crippen LogP contribution in [0.15, 0.2) is 18.2 Å². The zero-order chi connectivity index (χ0) is 16.6. The minimum absolute atomic E-state index is 0.0217. The molecule has 2 saturated heterocycles. The molecule has 1 unspecified atom stereocenters. The molecule has 1 spiro atoms. The minimum Gasteiger partial charge on any atom is -0.371 e. The van der Waals surface area contributed by atoms with Gasteiger partial charge in [-0.2, -0.15) is 0 Å². The predicted molar refractivity (Wildman–Crippen MR) is 87.3 cm³/mol. The van der Waals surface area contributed by atoms with E-state index < -0.39 is 5.82 Å². The monoisotopic (exact) mass is 340 g/mol. The lowest BCUT2D eigenvalue weighted by Gasteiger charge is -2.53. The van der Waals surface area contributed by atoms with Crippen molar-refractivity contribution in [3.05, 3.63) is 34.6 Å². The van der Waals surface area contributed by atoms with E-state index in [9.17, 15) is 9.18 Å². The first kappa shape index (κ1) is 16.7. The minimum atomic E-state index is -0.508. The number of benzene rings is 1. The summed E-state index contributed by atoms with van der Waals surface area (Å²) in [5.74, 6) is -0.0568. The first-order valence-corrected chi connectivity index (χ1v) is 8.29. The van der Waals surface area contributed by atoms with Crippen molar-refractivity contribution in [2.75, 3.05) is 40.3 Å². The molecule has 3 rings (SSSR count). The Balaban J connectivity index is 1.54. The Kier molecular flexibility index (Phi) is 4.63. The largest absolute Gasteiger partial charge is 0.371 e. The second-order valence-corrected chi connectivity index (χ2v) is 7.36. The number of amides is 1. The number of ether oxygens (including phenoxy) is 1. The Morgan fingerprint density at radius 1 is 1.48 bits per heavy atom. The molecule has 2 heterocycles. The molecule has 0 radical (unpaired) electrons. The van der Waals surface area contributed by atoms with Crippen LogP contribution in [0.5, 0.6) is 0 Å². The highest BCUT2D eigenvalue weighted by molar-refractivity contribution is 6.31. The molecule has 126 valence electrons. The van der Waals surface area contributed by atoms with Gasteiger partial charge in [-0.05, 0) is 51.1 Å². The molecule has 1 aromatic carbocycles. The molecule has 0 aromatic heterocycles. The second kappa shape index (κ2) is 6.38. The lowest BCUT2D eigenvalue weighted by atomic mass is 9.82. The molecular formula is C17H22ClFN2O2. The maximum atomic E-state index is 13.2. The molecule has 1 amide bonds. The van der Waals surface area contributed by atoms with E-state index in [4.69, 9.17) is 16.3 Å². The van der Waals surface area contributed by atoms with Gasteiger partial charge in [0, 0.05) is 12.1 Å². The zero-order valence-corrected chi connectivity index (χ0v) is 14.3. The molecule has 6 heteroatoms. The van der Waals surface area contributed by atoms with Crippen LogP contribution in [0.25, 0.3) is 0 Å². The second-order valence-electron chi connectivity index (χ2n) is 6.95. The summed E-state index contributed by atoms with van der Waals surface area (Å²) >= 11 is 5.75. The van der Waals surface area contributed by atoms with Gasteiger partial charge in [0.05, 0.1) is 24.7 Å². The summed E-state index contributed by atoms with van der Waals surface area (Å²) in [6, 6.07) is 4.09. The molecule has 23 heavy (non-hydrogen) atoms. The van der Waals surface area contributed by atoms with Crippen molar-refractivity contribution < 1.29 is 13.9 Å². The Labute approximate surface area is 141 Å². The summed E-state index contributed by atoms with van der Waals surface area (Å²) in [6.45, 7) is 3.00. The third-order valence-corrected chi connectivity index (χ3v) is 4.96. The average molecular weight is 341 g/mol. The molecule has 0 N–H and O–H groups in total. The molecule has 0 saturated carbocycles. The van der Waals surface area contributed by atoms with E-state index in [2.05, 4.69) is 19.0 Å². The van der Waals surface area contributed by atoms with Gasteiger partial charge in [0.2, 0.25) is 0 Å². The molecule has 2 fully saturated rings. The lowest BCUT2D eigenvalue weighted by molar-refractivity contribution is -0.168. The number of carbonyl (C=O) groups is 1. The normalized spacial score (nSPS) is 23.2. The van der Waals surface area contributed by atoms with Crippen molar-refractivity contribution in [1.29, 1.82) is 0 Å². The topological polar surface area (TPSA) is 32.8 Å². The maximum Gasteiger partial charge on any atom is 0.254 e. The van der Waals surface area contributed by atoms with E-state index in [0.29, 0.717) is 24.6 Å². The SMILES string of the molecule is CN(C)CC1CCC2(CN(C(=O)c3ccc(F)c(Cl)c3)C2)OC1. The number of hydrogen-bond donors (Lipinski definition) is 0. The van der Waals surface area contributed by atoms with Gasteiger partial charge in [0.25, 0.3) is 5.91 Å². The number of halogens is 2. The van der Waals surface area contributed by atoms with Crippen LogP contribution in [0.2, 0.25) is 5.02 Å². The van der Waals surface area contributed by atoms with Gasteiger partial charge < -0.3 is 14.5 Å². The van der Waals surface area contributed by atoms with E-state index in [-0.39, 0.29) is 16.5 Å². The number of carbonyl (C=O) groups excluding carboxylic acids is 1. The molecule has 1 aromatic rings. The molecule has 4 nitrogen and oxygen atoms in total. The van der Waals surface area contributed by atoms with Crippen LogP contribution < -0.4 is 0 Å². The van der Waals surface area contributed by atoms with Gasteiger partial charge in [-0.25, -0.2) is 4.39 Å². The van der Waals surface area contributed by atoms with Crippen molar-refractivity contribution in [3.8, 4) is 0 Å². The van der Waals surface area contributed by atoms with E-state index in [1.165, 1.54) is 18.2 Å². The summed E-state index contributed by atoms with van der Waals surface area (Å²) in [6.07, 6.45) is 2.11. The predicted octanol–water partition coefficient (Wildman–Crippen LogP) is 2.66. The van der Waals surface area contributed by atoms with E-state index in [1.54, 1.807) is 4.90 Å². The van der Waals surface area contributed by atoms with Gasteiger partial charge in [0.1, 0.15) is 11.4 Å². The van der Waals surface area contributed by atoms with Crippen LogP contribution in [0.3, 0.4) is 0 Å². The van der Waals surface area contributed by atoms with Crippen LogP contribution in [0, 0.1) is 11.7 Å². The third-order valence-electron chi connectivity index (χ3n) is 4.67. The summed E-state index contributed by atoms with van der Waals surface area (Å²) in [7, 11) is 4.14. The van der Waals surface area contributed by atoms with E-state index in [0.717, 1.165) is 26.0 Å². The van der Waals surface area contributed by atoms with Crippen LogP contribution >= 0.6 is 11.6 Å². The fourth-order valence-electron chi connectivity index (χ4n) is 3.43. The molecule has 1 atom stereocenters. The standard InChI is InChI=1S/C17H22ClFN2O2/c1-20(2)8-12-5-6-17(23-9-12)10-21(11-17)16(22)13-3-4-15(19)14(18)7-13/h3-4,7,12H,5-6,8-11H2,1-2H3. The molecule has 2 aliphatic rings. The molecule has 0 bridgehead atoms. The maximum absolute atomic E-state index is 13.2. The van der Waals surface area contributed by atoms with Crippen LogP contribution in [-0.4, -0.2) is 61.6 Å². The van der Waals surface area contributed by atoms with Crippen molar-refractivity contribution in [2.24, 2.45) is 5.92 Å². The van der Waals surface area contributed by atoms with E-state index in [1.807, 2.05) is 0 Å². The fourth-order valence-corrected chi connectivity index (χ4v) is 3.61. The Hall–Kier alpha value is -1.17. The summed E-state index contributed by atoms with van der Waals surface area (Å²) in [4.78, 5) is 16.3. The highest BCUT2D eigenvalue weighted by Gasteiger charge is 2.48. The van der Waals surface area contributed by atoms with E-state index >= 15 is 0 Å². The molecule has 2 aliphatic heterocycles. The zero-order valence-electron chi connectivity index (χ0n) is 13.5. The summed E-state index contributed by atoms with van der Waals surface area (Å²) in [5.41, 5.74) is 0.245. The molecular weight excluding hydrogens is 319 g/mol. The molecule has 0 aliphatic carbocycles. The number of nitrogens with zero attached hydrogens (tertiary/aromatic N) is 2. The van der Waals surface area contributed by atoms with Gasteiger partial charge in [-0.15, -0.1) is 0 Å². The Bertz CT molecular complexity index is 592. The first-order chi connectivity index (χ1) is 10.9. The summed E-state index contributed by atoms with van der Waals surface area (Å²) < 4.78 is 19.3. The summed E-state index contributed by atoms with van der Waals surface area (Å²) in [5, 5.41) is -0.0217. The van der Waals surface area contributed by atoms with Gasteiger partial charge >= 0.3 is 0 Å².